The molecular weight excluding hydrogens is 398 g/mol. The lowest BCUT2D eigenvalue weighted by molar-refractivity contribution is 0.0997. The van der Waals surface area contributed by atoms with E-state index in [4.69, 9.17) is 13.9 Å². The summed E-state index contributed by atoms with van der Waals surface area (Å²) in [5.74, 6) is 2.07. The molecule has 0 aliphatic heterocycles. The molecular formula is C24H27NO4S. The van der Waals surface area contributed by atoms with Crippen LogP contribution in [-0.4, -0.2) is 25.4 Å². The molecule has 0 saturated heterocycles. The van der Waals surface area contributed by atoms with Gasteiger partial charge in [-0.25, -0.2) is 0 Å². The Hall–Kier alpha value is -2.60. The van der Waals surface area contributed by atoms with Crippen LogP contribution in [0.2, 0.25) is 0 Å². The third-order valence-corrected chi connectivity index (χ3v) is 6.98. The van der Waals surface area contributed by atoms with Gasteiger partial charge in [0.25, 0.3) is 5.91 Å². The Kier molecular flexibility index (Phi) is 6.53. The van der Waals surface area contributed by atoms with Crippen molar-refractivity contribution in [3.05, 3.63) is 53.8 Å². The van der Waals surface area contributed by atoms with E-state index in [0.717, 1.165) is 22.3 Å². The maximum Gasteiger partial charge on any atom is 0.291 e. The molecule has 0 atom stereocenters. The van der Waals surface area contributed by atoms with E-state index >= 15 is 0 Å². The number of para-hydroxylation sites is 1. The van der Waals surface area contributed by atoms with Gasteiger partial charge in [0.1, 0.15) is 17.1 Å². The van der Waals surface area contributed by atoms with E-state index in [9.17, 15) is 4.79 Å². The van der Waals surface area contributed by atoms with Crippen molar-refractivity contribution in [2.75, 3.05) is 19.5 Å². The van der Waals surface area contributed by atoms with Crippen LogP contribution in [0, 0.1) is 0 Å². The lowest BCUT2D eigenvalue weighted by Gasteiger charge is -2.20. The zero-order valence-electron chi connectivity index (χ0n) is 17.4. The van der Waals surface area contributed by atoms with E-state index in [-0.39, 0.29) is 5.91 Å². The number of fused-ring (bicyclic) bond motifs is 1. The van der Waals surface area contributed by atoms with Crippen LogP contribution in [0.15, 0.2) is 46.9 Å². The minimum Gasteiger partial charge on any atom is -0.497 e. The molecule has 0 radical (unpaired) electrons. The molecule has 1 fully saturated rings. The number of anilines is 1. The summed E-state index contributed by atoms with van der Waals surface area (Å²) < 4.78 is 16.6. The molecule has 0 bridgehead atoms. The fraction of sp³-hybridized carbons (Fsp3) is 0.375. The number of ether oxygens (including phenoxy) is 2. The Balaban J connectivity index is 1.60. The van der Waals surface area contributed by atoms with Crippen molar-refractivity contribution in [2.24, 2.45) is 0 Å². The number of amides is 1. The lowest BCUT2D eigenvalue weighted by atomic mass is 10.0. The van der Waals surface area contributed by atoms with Gasteiger partial charge in [0.2, 0.25) is 0 Å². The van der Waals surface area contributed by atoms with Gasteiger partial charge in [0.15, 0.2) is 5.76 Å². The molecule has 158 valence electrons. The van der Waals surface area contributed by atoms with Crippen molar-refractivity contribution in [2.45, 2.75) is 43.1 Å². The topological polar surface area (TPSA) is 60.7 Å². The van der Waals surface area contributed by atoms with E-state index in [1.165, 1.54) is 32.1 Å². The maximum absolute atomic E-state index is 13.2. The zero-order valence-corrected chi connectivity index (χ0v) is 18.2. The average Bonchev–Trinajstić information content (AvgIpc) is 3.17. The van der Waals surface area contributed by atoms with Crippen LogP contribution in [0.25, 0.3) is 11.0 Å². The third-order valence-electron chi connectivity index (χ3n) is 5.58. The highest BCUT2D eigenvalue weighted by Gasteiger charge is 2.23. The van der Waals surface area contributed by atoms with Crippen LogP contribution in [0.1, 0.15) is 48.2 Å². The van der Waals surface area contributed by atoms with Crippen molar-refractivity contribution < 1.29 is 18.7 Å². The second-order valence-corrected chi connectivity index (χ2v) is 8.79. The minimum atomic E-state index is -0.270. The molecule has 4 rings (SSSR count). The minimum absolute atomic E-state index is 0.270. The van der Waals surface area contributed by atoms with E-state index in [1.807, 2.05) is 36.0 Å². The Morgan fingerprint density at radius 3 is 2.67 bits per heavy atom. The molecule has 1 amide bonds. The molecule has 1 saturated carbocycles. The fourth-order valence-electron chi connectivity index (χ4n) is 3.94. The van der Waals surface area contributed by atoms with Gasteiger partial charge in [-0.05, 0) is 31.0 Å². The quantitative estimate of drug-likeness (QED) is 0.483. The van der Waals surface area contributed by atoms with Gasteiger partial charge in [0, 0.05) is 28.0 Å². The monoisotopic (exact) mass is 425 g/mol. The third kappa shape index (κ3) is 4.43. The Bertz CT molecular complexity index is 1020. The van der Waals surface area contributed by atoms with Crippen LogP contribution >= 0.6 is 11.8 Å². The van der Waals surface area contributed by atoms with Gasteiger partial charge < -0.3 is 19.2 Å². The first-order valence-corrected chi connectivity index (χ1v) is 11.4. The highest BCUT2D eigenvalue weighted by molar-refractivity contribution is 7.99. The molecule has 1 heterocycles. The molecule has 0 spiro atoms. The molecule has 1 N–H and O–H groups in total. The first-order valence-electron chi connectivity index (χ1n) is 10.3. The summed E-state index contributed by atoms with van der Waals surface area (Å²) in [7, 11) is 3.16. The van der Waals surface area contributed by atoms with Crippen LogP contribution in [0.3, 0.4) is 0 Å². The Morgan fingerprint density at radius 1 is 1.10 bits per heavy atom. The average molecular weight is 426 g/mol. The van der Waals surface area contributed by atoms with Crippen molar-refractivity contribution in [1.82, 2.24) is 0 Å². The largest absolute Gasteiger partial charge is 0.497 e. The number of carbonyl (C=O) groups is 1. The lowest BCUT2D eigenvalue weighted by Crippen LogP contribution is -2.14. The van der Waals surface area contributed by atoms with Gasteiger partial charge in [0.05, 0.1) is 19.9 Å². The number of thioether (sulfide) groups is 1. The summed E-state index contributed by atoms with van der Waals surface area (Å²) in [4.78, 5) is 13.2. The SMILES string of the molecule is COc1ccc(NC(=O)c2oc3ccccc3c2CSC2CCCCC2)c(OC)c1. The number of benzene rings is 2. The first-order chi connectivity index (χ1) is 14.7. The van der Waals surface area contributed by atoms with Gasteiger partial charge in [-0.1, -0.05) is 37.5 Å². The number of rotatable bonds is 7. The molecule has 5 nitrogen and oxygen atoms in total. The summed E-state index contributed by atoms with van der Waals surface area (Å²) in [5, 5.41) is 4.61. The standard InChI is InChI=1S/C24H27NO4S/c1-27-16-12-13-20(22(14-16)28-2)25-24(26)23-19(15-30-17-8-4-3-5-9-17)18-10-6-7-11-21(18)29-23/h6-7,10-14,17H,3-5,8-9,15H2,1-2H3,(H,25,26). The second kappa shape index (κ2) is 9.47. The van der Waals surface area contributed by atoms with E-state index in [1.54, 1.807) is 32.4 Å². The molecule has 3 aromatic rings. The number of carbonyl (C=O) groups excluding carboxylic acids is 1. The molecule has 30 heavy (non-hydrogen) atoms. The van der Waals surface area contributed by atoms with Crippen molar-refractivity contribution >= 4 is 34.3 Å². The van der Waals surface area contributed by atoms with Crippen molar-refractivity contribution in [3.8, 4) is 11.5 Å². The van der Waals surface area contributed by atoms with Crippen LogP contribution in [-0.2, 0) is 5.75 Å². The maximum atomic E-state index is 13.2. The second-order valence-electron chi connectivity index (χ2n) is 7.50. The van der Waals surface area contributed by atoms with E-state index in [0.29, 0.717) is 28.2 Å². The summed E-state index contributed by atoms with van der Waals surface area (Å²) >= 11 is 1.94. The summed E-state index contributed by atoms with van der Waals surface area (Å²) in [6.07, 6.45) is 6.45. The number of nitrogens with one attached hydrogen (secondary N) is 1. The van der Waals surface area contributed by atoms with Crippen LogP contribution < -0.4 is 14.8 Å². The highest BCUT2D eigenvalue weighted by atomic mass is 32.2. The summed E-state index contributed by atoms with van der Waals surface area (Å²) in [6.45, 7) is 0. The Morgan fingerprint density at radius 2 is 1.90 bits per heavy atom. The molecule has 1 aliphatic carbocycles. The first kappa shape index (κ1) is 20.7. The van der Waals surface area contributed by atoms with Gasteiger partial charge in [-0.2, -0.15) is 11.8 Å². The molecule has 1 aromatic heterocycles. The fourth-order valence-corrected chi connectivity index (χ4v) is 5.29. The van der Waals surface area contributed by atoms with Crippen LogP contribution in [0.4, 0.5) is 5.69 Å². The van der Waals surface area contributed by atoms with E-state index in [2.05, 4.69) is 5.32 Å². The van der Waals surface area contributed by atoms with Gasteiger partial charge >= 0.3 is 0 Å². The van der Waals surface area contributed by atoms with Crippen LogP contribution in [0.5, 0.6) is 11.5 Å². The highest BCUT2D eigenvalue weighted by Crippen LogP contribution is 2.36. The smallest absolute Gasteiger partial charge is 0.291 e. The molecule has 2 aromatic carbocycles. The van der Waals surface area contributed by atoms with Crippen molar-refractivity contribution in [3.63, 3.8) is 0 Å². The number of hydrogen-bond donors (Lipinski definition) is 1. The van der Waals surface area contributed by atoms with Crippen molar-refractivity contribution in [1.29, 1.82) is 0 Å². The molecule has 6 heteroatoms. The normalized spacial score (nSPS) is 14.6. The number of furan rings is 1. The zero-order chi connectivity index (χ0) is 20.9. The predicted molar refractivity (Wildman–Crippen MR) is 122 cm³/mol. The van der Waals surface area contributed by atoms with E-state index < -0.39 is 0 Å². The number of hydrogen-bond acceptors (Lipinski definition) is 5. The summed E-state index contributed by atoms with van der Waals surface area (Å²) in [6, 6.07) is 13.2. The van der Waals surface area contributed by atoms with Gasteiger partial charge in [-0.3, -0.25) is 4.79 Å². The molecule has 1 aliphatic rings. The Labute approximate surface area is 181 Å². The summed E-state index contributed by atoms with van der Waals surface area (Å²) in [5.41, 5.74) is 2.28. The van der Waals surface area contributed by atoms with Gasteiger partial charge in [-0.15, -0.1) is 0 Å². The predicted octanol–water partition coefficient (Wildman–Crippen LogP) is 6.27. The molecule has 0 unspecified atom stereocenters. The number of methoxy groups -OCH3 is 2.